The molecule has 8 nitrogen and oxygen atoms in total. The number of nitrogens with one attached hydrogen (secondary N) is 1. The quantitative estimate of drug-likeness (QED) is 0.716. The number of morpholine rings is 1. The standard InChI is InChI=1S/C19H22F2N4O4/c20-14-2-3-15(16(21)12-14)19(27)25(6-1-5-24-7-10-28-11-8-24)13-18(26)22-17-4-9-29-23-17/h2-4,9,12H,1,5-8,10-11,13H2,(H,22,23,26). The van der Waals surface area contributed by atoms with Gasteiger partial charge >= 0.3 is 0 Å². The zero-order chi connectivity index (χ0) is 20.6. The Morgan fingerprint density at radius 2 is 2.00 bits per heavy atom. The Morgan fingerprint density at radius 3 is 2.69 bits per heavy atom. The second kappa shape index (κ2) is 10.1. The lowest BCUT2D eigenvalue weighted by atomic mass is 10.1. The average Bonchev–Trinajstić information content (AvgIpc) is 3.20. The van der Waals surface area contributed by atoms with Crippen LogP contribution in [-0.4, -0.2) is 72.7 Å². The monoisotopic (exact) mass is 408 g/mol. The molecule has 0 atom stereocenters. The van der Waals surface area contributed by atoms with Gasteiger partial charge in [0.25, 0.3) is 5.91 Å². The molecule has 1 aromatic heterocycles. The van der Waals surface area contributed by atoms with Gasteiger partial charge in [0.05, 0.1) is 18.8 Å². The lowest BCUT2D eigenvalue weighted by Crippen LogP contribution is -2.41. The average molecular weight is 408 g/mol. The Morgan fingerprint density at radius 1 is 1.21 bits per heavy atom. The highest BCUT2D eigenvalue weighted by molar-refractivity contribution is 5.99. The lowest BCUT2D eigenvalue weighted by molar-refractivity contribution is -0.117. The van der Waals surface area contributed by atoms with E-state index in [1.54, 1.807) is 0 Å². The van der Waals surface area contributed by atoms with Gasteiger partial charge in [-0.05, 0) is 18.6 Å². The first-order valence-electron chi connectivity index (χ1n) is 9.27. The first-order valence-corrected chi connectivity index (χ1v) is 9.27. The van der Waals surface area contributed by atoms with E-state index >= 15 is 0 Å². The summed E-state index contributed by atoms with van der Waals surface area (Å²) in [6.45, 7) is 3.56. The van der Waals surface area contributed by atoms with E-state index in [-0.39, 0.29) is 24.5 Å². The number of ether oxygens (including phenoxy) is 1. The summed E-state index contributed by atoms with van der Waals surface area (Å²) in [4.78, 5) is 28.5. The van der Waals surface area contributed by atoms with Gasteiger partial charge < -0.3 is 19.5 Å². The summed E-state index contributed by atoms with van der Waals surface area (Å²) in [6, 6.07) is 4.20. The van der Waals surface area contributed by atoms with Gasteiger partial charge in [-0.25, -0.2) is 8.78 Å². The van der Waals surface area contributed by atoms with Crippen LogP contribution in [0.3, 0.4) is 0 Å². The number of hydrogen-bond donors (Lipinski definition) is 1. The number of aromatic nitrogens is 1. The maximum absolute atomic E-state index is 14.1. The second-order valence-electron chi connectivity index (χ2n) is 6.59. The number of rotatable bonds is 8. The summed E-state index contributed by atoms with van der Waals surface area (Å²) < 4.78 is 37.2. The molecule has 0 unspecified atom stereocenters. The summed E-state index contributed by atoms with van der Waals surface area (Å²) in [6.07, 6.45) is 1.89. The topological polar surface area (TPSA) is 87.9 Å². The van der Waals surface area contributed by atoms with Gasteiger partial charge in [0, 0.05) is 38.3 Å². The van der Waals surface area contributed by atoms with Crippen LogP contribution in [0.2, 0.25) is 0 Å². The molecule has 0 bridgehead atoms. The van der Waals surface area contributed by atoms with Crippen LogP contribution in [0.15, 0.2) is 35.1 Å². The smallest absolute Gasteiger partial charge is 0.257 e. The Balaban J connectivity index is 1.65. The molecule has 156 valence electrons. The minimum atomic E-state index is -0.968. The SMILES string of the molecule is O=C(CN(CCCN1CCOCC1)C(=O)c1ccc(F)cc1F)Nc1ccon1. The molecule has 1 aliphatic heterocycles. The zero-order valence-electron chi connectivity index (χ0n) is 15.8. The van der Waals surface area contributed by atoms with Gasteiger partial charge in [0.15, 0.2) is 5.82 Å². The molecule has 1 aromatic carbocycles. The zero-order valence-corrected chi connectivity index (χ0v) is 15.8. The molecule has 1 fully saturated rings. The molecule has 0 saturated carbocycles. The molecule has 29 heavy (non-hydrogen) atoms. The molecule has 1 N–H and O–H groups in total. The van der Waals surface area contributed by atoms with Crippen LogP contribution in [0.4, 0.5) is 14.6 Å². The van der Waals surface area contributed by atoms with Crippen LogP contribution >= 0.6 is 0 Å². The maximum atomic E-state index is 14.1. The summed E-state index contributed by atoms with van der Waals surface area (Å²) in [5.41, 5.74) is -0.285. The van der Waals surface area contributed by atoms with E-state index in [1.165, 1.54) is 17.2 Å². The van der Waals surface area contributed by atoms with Gasteiger partial charge in [-0.2, -0.15) is 0 Å². The highest BCUT2D eigenvalue weighted by Gasteiger charge is 2.23. The molecule has 1 saturated heterocycles. The Labute approximate surface area is 166 Å². The van der Waals surface area contributed by atoms with E-state index in [2.05, 4.69) is 19.9 Å². The Kier molecular flexibility index (Phi) is 7.25. The third-order valence-corrected chi connectivity index (χ3v) is 4.49. The van der Waals surface area contributed by atoms with Gasteiger partial charge in [-0.1, -0.05) is 5.16 Å². The van der Waals surface area contributed by atoms with Gasteiger partial charge in [0.1, 0.15) is 24.4 Å². The normalized spacial score (nSPS) is 14.6. The van der Waals surface area contributed by atoms with Crippen LogP contribution in [0.25, 0.3) is 0 Å². The molecular weight excluding hydrogens is 386 g/mol. The van der Waals surface area contributed by atoms with Gasteiger partial charge in [-0.15, -0.1) is 0 Å². The molecule has 0 spiro atoms. The van der Waals surface area contributed by atoms with Crippen LogP contribution in [-0.2, 0) is 9.53 Å². The maximum Gasteiger partial charge on any atom is 0.257 e. The fourth-order valence-corrected chi connectivity index (χ4v) is 3.03. The number of anilines is 1. The van der Waals surface area contributed by atoms with Crippen molar-refractivity contribution in [1.29, 1.82) is 0 Å². The summed E-state index contributed by atoms with van der Waals surface area (Å²) in [5.74, 6) is -2.71. The lowest BCUT2D eigenvalue weighted by Gasteiger charge is -2.28. The van der Waals surface area contributed by atoms with Crippen molar-refractivity contribution in [3.63, 3.8) is 0 Å². The minimum Gasteiger partial charge on any atom is -0.379 e. The Bertz CT molecular complexity index is 826. The van der Waals surface area contributed by atoms with E-state index in [0.29, 0.717) is 32.2 Å². The molecule has 0 aliphatic carbocycles. The minimum absolute atomic E-state index is 0.212. The molecule has 2 aromatic rings. The van der Waals surface area contributed by atoms with Crippen molar-refractivity contribution in [2.24, 2.45) is 0 Å². The van der Waals surface area contributed by atoms with Crippen molar-refractivity contribution >= 4 is 17.6 Å². The largest absolute Gasteiger partial charge is 0.379 e. The first kappa shape index (κ1) is 20.9. The van der Waals surface area contributed by atoms with E-state index in [1.807, 2.05) is 0 Å². The molecule has 1 aliphatic rings. The number of amides is 2. The van der Waals surface area contributed by atoms with Crippen molar-refractivity contribution < 1.29 is 27.6 Å². The van der Waals surface area contributed by atoms with Gasteiger partial charge in [-0.3, -0.25) is 14.5 Å². The van der Waals surface area contributed by atoms with Crippen LogP contribution < -0.4 is 5.32 Å². The molecule has 2 amide bonds. The molecule has 3 rings (SSSR count). The van der Waals surface area contributed by atoms with Crippen molar-refractivity contribution in [2.75, 3.05) is 51.3 Å². The molecular formula is C19H22F2N4O4. The summed E-state index contributed by atoms with van der Waals surface area (Å²) in [7, 11) is 0. The fraction of sp³-hybridized carbons (Fsp3) is 0.421. The number of nitrogens with zero attached hydrogens (tertiary/aromatic N) is 3. The van der Waals surface area contributed by atoms with E-state index in [0.717, 1.165) is 25.2 Å². The number of carbonyl (C=O) groups excluding carboxylic acids is 2. The highest BCUT2D eigenvalue weighted by Crippen LogP contribution is 2.13. The summed E-state index contributed by atoms with van der Waals surface area (Å²) in [5, 5.41) is 6.09. The summed E-state index contributed by atoms with van der Waals surface area (Å²) >= 11 is 0. The van der Waals surface area contributed by atoms with E-state index in [4.69, 9.17) is 4.74 Å². The molecule has 2 heterocycles. The second-order valence-corrected chi connectivity index (χ2v) is 6.59. The van der Waals surface area contributed by atoms with Crippen LogP contribution in [0, 0.1) is 11.6 Å². The first-order chi connectivity index (χ1) is 14.0. The molecule has 10 heteroatoms. The fourth-order valence-electron chi connectivity index (χ4n) is 3.03. The van der Waals surface area contributed by atoms with Crippen molar-refractivity contribution in [2.45, 2.75) is 6.42 Å². The predicted octanol–water partition coefficient (Wildman–Crippen LogP) is 1.76. The van der Waals surface area contributed by atoms with Crippen LogP contribution in [0.1, 0.15) is 16.8 Å². The predicted molar refractivity (Wildman–Crippen MR) is 99.3 cm³/mol. The van der Waals surface area contributed by atoms with Crippen LogP contribution in [0.5, 0.6) is 0 Å². The van der Waals surface area contributed by atoms with Crippen molar-refractivity contribution in [3.05, 3.63) is 47.7 Å². The van der Waals surface area contributed by atoms with Gasteiger partial charge in [0.2, 0.25) is 5.91 Å². The Hall–Kier alpha value is -2.85. The third-order valence-electron chi connectivity index (χ3n) is 4.49. The number of carbonyl (C=O) groups is 2. The third kappa shape index (κ3) is 6.06. The van der Waals surface area contributed by atoms with E-state index in [9.17, 15) is 18.4 Å². The van der Waals surface area contributed by atoms with Crippen molar-refractivity contribution in [3.8, 4) is 0 Å². The number of hydrogen-bond acceptors (Lipinski definition) is 6. The molecule has 0 radical (unpaired) electrons. The van der Waals surface area contributed by atoms with E-state index < -0.39 is 23.4 Å². The van der Waals surface area contributed by atoms with Crippen molar-refractivity contribution in [1.82, 2.24) is 15.0 Å². The number of benzene rings is 1. The highest BCUT2D eigenvalue weighted by atomic mass is 19.1. The number of halogens is 2.